The molecule has 3 N–H and O–H groups in total. The average Bonchev–Trinajstić information content (AvgIpc) is 2.25. The normalized spacial score (nSPS) is 10.2. The fourth-order valence-corrected chi connectivity index (χ4v) is 1.83. The van der Waals surface area contributed by atoms with Crippen LogP contribution in [0, 0.1) is 0 Å². The summed E-state index contributed by atoms with van der Waals surface area (Å²) in [6.45, 7) is 0.920. The highest BCUT2D eigenvalue weighted by Gasteiger charge is 1.97. The quantitative estimate of drug-likeness (QED) is 0.550. The highest BCUT2D eigenvalue weighted by Crippen LogP contribution is 2.19. The van der Waals surface area contributed by atoms with Crippen LogP contribution in [0.5, 0.6) is 5.75 Å². The SMILES string of the molecule is Nc1ccccc1OCCSCCCO. The Bertz CT molecular complexity index is 281. The van der Waals surface area contributed by atoms with Crippen LogP contribution in [0.15, 0.2) is 24.3 Å². The van der Waals surface area contributed by atoms with Crippen molar-refractivity contribution in [2.24, 2.45) is 0 Å². The molecule has 0 atom stereocenters. The van der Waals surface area contributed by atoms with Crippen molar-refractivity contribution in [2.75, 3.05) is 30.5 Å². The number of anilines is 1. The number of rotatable bonds is 7. The summed E-state index contributed by atoms with van der Waals surface area (Å²) in [6.07, 6.45) is 0.845. The van der Waals surface area contributed by atoms with Gasteiger partial charge in [-0.1, -0.05) is 12.1 Å². The van der Waals surface area contributed by atoms with Crippen molar-refractivity contribution in [3.05, 3.63) is 24.3 Å². The van der Waals surface area contributed by atoms with Crippen LogP contribution in [0.25, 0.3) is 0 Å². The Hall–Kier alpha value is -0.870. The molecular formula is C11H17NO2S. The first-order valence-corrected chi connectivity index (χ1v) is 6.16. The minimum Gasteiger partial charge on any atom is -0.491 e. The fraction of sp³-hybridized carbons (Fsp3) is 0.455. The Labute approximate surface area is 94.6 Å². The number of hydrogen-bond acceptors (Lipinski definition) is 4. The second-order valence-corrected chi connectivity index (χ2v) is 4.30. The molecule has 0 aliphatic carbocycles. The van der Waals surface area contributed by atoms with E-state index in [1.165, 1.54) is 0 Å². The summed E-state index contributed by atoms with van der Waals surface area (Å²) in [5, 5.41) is 8.58. The number of hydrogen-bond donors (Lipinski definition) is 2. The van der Waals surface area contributed by atoms with Gasteiger partial charge in [-0.05, 0) is 24.3 Å². The van der Waals surface area contributed by atoms with E-state index in [0.29, 0.717) is 12.3 Å². The van der Waals surface area contributed by atoms with Crippen LogP contribution < -0.4 is 10.5 Å². The minimum atomic E-state index is 0.263. The third-order valence-electron chi connectivity index (χ3n) is 1.85. The minimum absolute atomic E-state index is 0.263. The molecule has 1 aromatic carbocycles. The molecular weight excluding hydrogens is 210 g/mol. The van der Waals surface area contributed by atoms with Crippen molar-refractivity contribution < 1.29 is 9.84 Å². The molecule has 0 aliphatic rings. The maximum atomic E-state index is 8.58. The van der Waals surface area contributed by atoms with Crippen molar-refractivity contribution in [1.29, 1.82) is 0 Å². The molecule has 15 heavy (non-hydrogen) atoms. The topological polar surface area (TPSA) is 55.5 Å². The van der Waals surface area contributed by atoms with E-state index < -0.39 is 0 Å². The zero-order valence-electron chi connectivity index (χ0n) is 8.69. The monoisotopic (exact) mass is 227 g/mol. The summed E-state index contributed by atoms with van der Waals surface area (Å²) in [7, 11) is 0. The van der Waals surface area contributed by atoms with Gasteiger partial charge < -0.3 is 15.6 Å². The second kappa shape index (κ2) is 7.43. The Balaban J connectivity index is 2.12. The van der Waals surface area contributed by atoms with E-state index in [1.54, 1.807) is 11.8 Å². The zero-order valence-corrected chi connectivity index (χ0v) is 9.50. The Morgan fingerprint density at radius 1 is 1.27 bits per heavy atom. The van der Waals surface area contributed by atoms with E-state index in [4.69, 9.17) is 15.6 Å². The predicted molar refractivity (Wildman–Crippen MR) is 65.4 cm³/mol. The van der Waals surface area contributed by atoms with Gasteiger partial charge in [-0.3, -0.25) is 0 Å². The van der Waals surface area contributed by atoms with E-state index in [2.05, 4.69) is 0 Å². The number of nitrogens with two attached hydrogens (primary N) is 1. The third-order valence-corrected chi connectivity index (χ3v) is 2.88. The van der Waals surface area contributed by atoms with Gasteiger partial charge in [0.25, 0.3) is 0 Å². The number of aliphatic hydroxyl groups is 1. The van der Waals surface area contributed by atoms with Crippen LogP contribution in [0.4, 0.5) is 5.69 Å². The van der Waals surface area contributed by atoms with Crippen molar-refractivity contribution in [3.63, 3.8) is 0 Å². The molecule has 1 aromatic rings. The Morgan fingerprint density at radius 3 is 2.80 bits per heavy atom. The van der Waals surface area contributed by atoms with E-state index in [-0.39, 0.29) is 6.61 Å². The molecule has 4 heteroatoms. The first-order valence-electron chi connectivity index (χ1n) is 5.00. The van der Waals surface area contributed by atoms with Gasteiger partial charge in [0.15, 0.2) is 0 Å². The first kappa shape index (κ1) is 12.2. The summed E-state index contributed by atoms with van der Waals surface area (Å²) in [5.74, 6) is 2.65. The van der Waals surface area contributed by atoms with Crippen LogP contribution in [0.2, 0.25) is 0 Å². The maximum Gasteiger partial charge on any atom is 0.142 e. The lowest BCUT2D eigenvalue weighted by molar-refractivity contribution is 0.296. The highest BCUT2D eigenvalue weighted by atomic mass is 32.2. The van der Waals surface area contributed by atoms with E-state index >= 15 is 0 Å². The molecule has 0 bridgehead atoms. The van der Waals surface area contributed by atoms with Crippen molar-refractivity contribution in [3.8, 4) is 5.75 Å². The lowest BCUT2D eigenvalue weighted by Gasteiger charge is -2.07. The predicted octanol–water partition coefficient (Wildman–Crippen LogP) is 1.76. The second-order valence-electron chi connectivity index (χ2n) is 3.08. The van der Waals surface area contributed by atoms with E-state index in [9.17, 15) is 0 Å². The number of thioether (sulfide) groups is 1. The third kappa shape index (κ3) is 4.95. The van der Waals surface area contributed by atoms with Crippen molar-refractivity contribution in [2.45, 2.75) is 6.42 Å². The standard InChI is InChI=1S/C11H17NO2S/c12-10-4-1-2-5-11(10)14-7-9-15-8-3-6-13/h1-2,4-5,13H,3,6-9,12H2. The first-order chi connectivity index (χ1) is 7.34. The fourth-order valence-electron chi connectivity index (χ4n) is 1.09. The number of benzene rings is 1. The Kier molecular flexibility index (Phi) is 6.04. The zero-order chi connectivity index (χ0) is 10.9. The molecule has 0 saturated heterocycles. The maximum absolute atomic E-state index is 8.58. The summed E-state index contributed by atoms with van der Waals surface area (Å²) in [6, 6.07) is 7.49. The molecule has 0 amide bonds. The van der Waals surface area contributed by atoms with Gasteiger partial charge in [0.1, 0.15) is 5.75 Å². The van der Waals surface area contributed by atoms with E-state index in [0.717, 1.165) is 23.7 Å². The van der Waals surface area contributed by atoms with Gasteiger partial charge in [-0.15, -0.1) is 0 Å². The van der Waals surface area contributed by atoms with Crippen LogP contribution in [0.1, 0.15) is 6.42 Å². The molecule has 0 unspecified atom stereocenters. The number of aliphatic hydroxyl groups excluding tert-OH is 1. The lowest BCUT2D eigenvalue weighted by atomic mass is 10.3. The number of nitrogen functional groups attached to an aromatic ring is 1. The van der Waals surface area contributed by atoms with Crippen LogP contribution in [-0.4, -0.2) is 29.8 Å². The van der Waals surface area contributed by atoms with Crippen molar-refractivity contribution >= 4 is 17.4 Å². The molecule has 0 radical (unpaired) electrons. The molecule has 0 saturated carbocycles. The molecule has 3 nitrogen and oxygen atoms in total. The van der Waals surface area contributed by atoms with Gasteiger partial charge in [-0.2, -0.15) is 11.8 Å². The van der Waals surface area contributed by atoms with Crippen LogP contribution >= 0.6 is 11.8 Å². The average molecular weight is 227 g/mol. The number of para-hydroxylation sites is 2. The summed E-state index contributed by atoms with van der Waals surface area (Å²) in [4.78, 5) is 0. The lowest BCUT2D eigenvalue weighted by Crippen LogP contribution is -2.03. The summed E-state index contributed by atoms with van der Waals surface area (Å²) in [5.41, 5.74) is 6.40. The van der Waals surface area contributed by atoms with Crippen LogP contribution in [0.3, 0.4) is 0 Å². The summed E-state index contributed by atoms with van der Waals surface area (Å²) >= 11 is 1.78. The highest BCUT2D eigenvalue weighted by molar-refractivity contribution is 7.99. The van der Waals surface area contributed by atoms with Crippen LogP contribution in [-0.2, 0) is 0 Å². The summed E-state index contributed by atoms with van der Waals surface area (Å²) < 4.78 is 5.51. The van der Waals surface area contributed by atoms with Crippen molar-refractivity contribution in [1.82, 2.24) is 0 Å². The number of ether oxygens (including phenoxy) is 1. The molecule has 84 valence electrons. The van der Waals surface area contributed by atoms with Gasteiger partial charge in [-0.25, -0.2) is 0 Å². The van der Waals surface area contributed by atoms with Gasteiger partial charge in [0.05, 0.1) is 12.3 Å². The molecule has 1 rings (SSSR count). The molecule has 0 spiro atoms. The van der Waals surface area contributed by atoms with Gasteiger partial charge >= 0.3 is 0 Å². The van der Waals surface area contributed by atoms with E-state index in [1.807, 2.05) is 24.3 Å². The van der Waals surface area contributed by atoms with Gasteiger partial charge in [0.2, 0.25) is 0 Å². The molecule has 0 aliphatic heterocycles. The molecule has 0 fully saturated rings. The smallest absolute Gasteiger partial charge is 0.142 e. The molecule has 0 aromatic heterocycles. The Morgan fingerprint density at radius 2 is 2.07 bits per heavy atom. The molecule has 0 heterocycles. The largest absolute Gasteiger partial charge is 0.491 e. The van der Waals surface area contributed by atoms with Gasteiger partial charge in [0, 0.05) is 12.4 Å².